The van der Waals surface area contributed by atoms with Crippen molar-refractivity contribution >= 4 is 35.0 Å². The monoisotopic (exact) mass is 510 g/mol. The molecule has 0 bridgehead atoms. The van der Waals surface area contributed by atoms with Gasteiger partial charge in [-0.1, -0.05) is 104 Å². The van der Waals surface area contributed by atoms with Crippen LogP contribution in [0.4, 0.5) is 0 Å². The van der Waals surface area contributed by atoms with E-state index in [1.165, 1.54) is 0 Å². The molecule has 3 rings (SSSR count). The lowest BCUT2D eigenvalue weighted by molar-refractivity contribution is -0.140. The Balaban J connectivity index is 1.94. The highest BCUT2D eigenvalue weighted by Crippen LogP contribution is 2.31. The minimum Gasteiger partial charge on any atom is -0.354 e. The number of nitrogens with zero attached hydrogens (tertiary/aromatic N) is 1. The third-order valence-electron chi connectivity index (χ3n) is 6.02. The Kier molecular flexibility index (Phi) is 9.76. The SMILES string of the molecule is CC(C)CNC(=O)C(C)N(Cc1c(Cl)cccc1Cl)C(=O)CC(c1ccccc1)c1ccccc1. The Bertz CT molecular complexity index is 1060. The molecule has 0 fully saturated rings. The lowest BCUT2D eigenvalue weighted by Crippen LogP contribution is -2.48. The molecule has 0 aliphatic carbocycles. The van der Waals surface area contributed by atoms with Crippen molar-refractivity contribution in [1.29, 1.82) is 0 Å². The molecule has 0 spiro atoms. The molecule has 6 heteroatoms. The van der Waals surface area contributed by atoms with Crippen LogP contribution in [0.2, 0.25) is 10.0 Å². The van der Waals surface area contributed by atoms with E-state index in [0.29, 0.717) is 28.1 Å². The predicted molar refractivity (Wildman–Crippen MR) is 144 cm³/mol. The van der Waals surface area contributed by atoms with Crippen molar-refractivity contribution in [3.8, 4) is 0 Å². The van der Waals surface area contributed by atoms with E-state index >= 15 is 0 Å². The topological polar surface area (TPSA) is 49.4 Å². The number of carbonyl (C=O) groups is 2. The Morgan fingerprint density at radius 3 is 1.80 bits per heavy atom. The second-order valence-corrected chi connectivity index (χ2v) is 9.93. The smallest absolute Gasteiger partial charge is 0.242 e. The summed E-state index contributed by atoms with van der Waals surface area (Å²) in [6.07, 6.45) is 0.206. The van der Waals surface area contributed by atoms with Gasteiger partial charge in [-0.25, -0.2) is 0 Å². The first kappa shape index (κ1) is 26.8. The highest BCUT2D eigenvalue weighted by atomic mass is 35.5. The zero-order valence-electron chi connectivity index (χ0n) is 20.4. The summed E-state index contributed by atoms with van der Waals surface area (Å²) in [7, 11) is 0. The number of carbonyl (C=O) groups excluding carboxylic acids is 2. The zero-order valence-corrected chi connectivity index (χ0v) is 21.9. The van der Waals surface area contributed by atoms with Gasteiger partial charge in [-0.15, -0.1) is 0 Å². The van der Waals surface area contributed by atoms with Crippen LogP contribution in [0.3, 0.4) is 0 Å². The number of rotatable bonds is 10. The van der Waals surface area contributed by atoms with Gasteiger partial charge in [-0.3, -0.25) is 9.59 Å². The maximum absolute atomic E-state index is 13.9. The summed E-state index contributed by atoms with van der Waals surface area (Å²) >= 11 is 12.9. The molecule has 3 aromatic rings. The maximum Gasteiger partial charge on any atom is 0.242 e. The molecule has 0 saturated heterocycles. The first-order valence-electron chi connectivity index (χ1n) is 11.9. The van der Waals surface area contributed by atoms with Crippen LogP contribution in [-0.4, -0.2) is 29.3 Å². The highest BCUT2D eigenvalue weighted by molar-refractivity contribution is 6.36. The molecule has 4 nitrogen and oxygen atoms in total. The quantitative estimate of drug-likeness (QED) is 0.329. The molecule has 0 heterocycles. The Morgan fingerprint density at radius 2 is 1.31 bits per heavy atom. The van der Waals surface area contributed by atoms with E-state index in [4.69, 9.17) is 23.2 Å². The third kappa shape index (κ3) is 7.33. The molecule has 0 saturated carbocycles. The summed E-state index contributed by atoms with van der Waals surface area (Å²) in [6.45, 7) is 6.49. The van der Waals surface area contributed by atoms with Gasteiger partial charge in [-0.2, -0.15) is 0 Å². The van der Waals surface area contributed by atoms with Crippen molar-refractivity contribution in [2.24, 2.45) is 5.92 Å². The summed E-state index contributed by atoms with van der Waals surface area (Å²) in [6, 6.07) is 24.5. The van der Waals surface area contributed by atoms with Crippen LogP contribution in [0.15, 0.2) is 78.9 Å². The van der Waals surface area contributed by atoms with Gasteiger partial charge in [0.1, 0.15) is 6.04 Å². The van der Waals surface area contributed by atoms with Crippen LogP contribution in [0.5, 0.6) is 0 Å². The van der Waals surface area contributed by atoms with Crippen LogP contribution in [0.1, 0.15) is 49.8 Å². The van der Waals surface area contributed by atoms with Crippen LogP contribution in [0, 0.1) is 5.92 Å². The van der Waals surface area contributed by atoms with Crippen molar-refractivity contribution < 1.29 is 9.59 Å². The summed E-state index contributed by atoms with van der Waals surface area (Å²) in [5.41, 5.74) is 2.71. The van der Waals surface area contributed by atoms with E-state index in [9.17, 15) is 9.59 Å². The van der Waals surface area contributed by atoms with E-state index < -0.39 is 6.04 Å². The molecule has 1 N–H and O–H groups in total. The van der Waals surface area contributed by atoms with E-state index in [2.05, 4.69) is 5.32 Å². The fraction of sp³-hybridized carbons (Fsp3) is 0.310. The lowest BCUT2D eigenvalue weighted by atomic mass is 9.88. The number of benzene rings is 3. The molecular weight excluding hydrogens is 479 g/mol. The number of amides is 2. The fourth-order valence-corrected chi connectivity index (χ4v) is 4.50. The average Bonchev–Trinajstić information content (AvgIpc) is 2.86. The molecule has 0 aromatic heterocycles. The van der Waals surface area contributed by atoms with Gasteiger partial charge in [0.05, 0.1) is 0 Å². The van der Waals surface area contributed by atoms with Gasteiger partial charge < -0.3 is 10.2 Å². The number of nitrogens with one attached hydrogen (secondary N) is 1. The molecule has 2 amide bonds. The molecule has 0 radical (unpaired) electrons. The van der Waals surface area contributed by atoms with Crippen molar-refractivity contribution in [3.63, 3.8) is 0 Å². The molecule has 3 aromatic carbocycles. The lowest BCUT2D eigenvalue weighted by Gasteiger charge is -2.31. The van der Waals surface area contributed by atoms with E-state index in [1.54, 1.807) is 30.0 Å². The summed E-state index contributed by atoms with van der Waals surface area (Å²) in [5.74, 6) is -0.203. The number of halogens is 2. The van der Waals surface area contributed by atoms with Gasteiger partial charge in [0.2, 0.25) is 11.8 Å². The number of hydrogen-bond donors (Lipinski definition) is 1. The fourth-order valence-electron chi connectivity index (χ4n) is 3.98. The van der Waals surface area contributed by atoms with Gasteiger partial charge in [0, 0.05) is 41.0 Å². The maximum atomic E-state index is 13.9. The summed E-state index contributed by atoms with van der Waals surface area (Å²) in [4.78, 5) is 28.5. The Hall–Kier alpha value is -2.82. The largest absolute Gasteiger partial charge is 0.354 e. The molecule has 0 aliphatic heterocycles. The molecule has 1 unspecified atom stereocenters. The van der Waals surface area contributed by atoms with Crippen LogP contribution >= 0.6 is 23.2 Å². The van der Waals surface area contributed by atoms with Crippen LogP contribution in [-0.2, 0) is 16.1 Å². The van der Waals surface area contributed by atoms with Gasteiger partial charge >= 0.3 is 0 Å². The second-order valence-electron chi connectivity index (χ2n) is 9.11. The van der Waals surface area contributed by atoms with Crippen LogP contribution < -0.4 is 5.32 Å². The predicted octanol–water partition coefficient (Wildman–Crippen LogP) is 6.70. The van der Waals surface area contributed by atoms with Gasteiger partial charge in [-0.05, 0) is 36.1 Å². The molecule has 35 heavy (non-hydrogen) atoms. The minimum atomic E-state index is -0.694. The third-order valence-corrected chi connectivity index (χ3v) is 6.73. The van der Waals surface area contributed by atoms with Crippen molar-refractivity contribution in [3.05, 3.63) is 106 Å². The Morgan fingerprint density at radius 1 is 0.800 bits per heavy atom. The first-order chi connectivity index (χ1) is 16.8. The van der Waals surface area contributed by atoms with Gasteiger partial charge in [0.25, 0.3) is 0 Å². The average molecular weight is 511 g/mol. The second kappa shape index (κ2) is 12.8. The normalized spacial score (nSPS) is 12.0. The van der Waals surface area contributed by atoms with Crippen molar-refractivity contribution in [1.82, 2.24) is 10.2 Å². The number of hydrogen-bond acceptors (Lipinski definition) is 2. The minimum absolute atomic E-state index is 0.143. The Labute approximate surface area is 218 Å². The van der Waals surface area contributed by atoms with Gasteiger partial charge in [0.15, 0.2) is 0 Å². The van der Waals surface area contributed by atoms with E-state index in [-0.39, 0.29) is 30.7 Å². The molecule has 0 aliphatic rings. The van der Waals surface area contributed by atoms with E-state index in [0.717, 1.165) is 11.1 Å². The molecular formula is C29H32Cl2N2O2. The highest BCUT2D eigenvalue weighted by Gasteiger charge is 2.30. The molecule has 1 atom stereocenters. The standard InChI is InChI=1S/C29H32Cl2N2O2/c1-20(2)18-32-29(35)21(3)33(19-25-26(30)15-10-16-27(25)31)28(34)17-24(22-11-6-4-7-12-22)23-13-8-5-9-14-23/h4-16,20-21,24H,17-19H2,1-3H3,(H,32,35). The zero-order chi connectivity index (χ0) is 25.4. The molecule has 184 valence electrons. The summed E-state index contributed by atoms with van der Waals surface area (Å²) < 4.78 is 0. The van der Waals surface area contributed by atoms with Crippen molar-refractivity contribution in [2.75, 3.05) is 6.54 Å². The van der Waals surface area contributed by atoms with Crippen molar-refractivity contribution in [2.45, 2.75) is 45.7 Å². The summed E-state index contributed by atoms with van der Waals surface area (Å²) in [5, 5.41) is 3.88. The van der Waals surface area contributed by atoms with Crippen LogP contribution in [0.25, 0.3) is 0 Å². The van der Waals surface area contributed by atoms with E-state index in [1.807, 2.05) is 74.5 Å². The first-order valence-corrected chi connectivity index (χ1v) is 12.6.